The molecule has 210 valence electrons. The van der Waals surface area contributed by atoms with Gasteiger partial charge in [0.05, 0.1) is 19.6 Å². The average Bonchev–Trinajstić information content (AvgIpc) is 3.27. The first-order valence-electron chi connectivity index (χ1n) is 13.3. The summed E-state index contributed by atoms with van der Waals surface area (Å²) < 4.78 is 17.6. The maximum Gasteiger partial charge on any atom is 0.315 e. The molecule has 1 heterocycles. The van der Waals surface area contributed by atoms with E-state index in [-0.39, 0.29) is 16.7 Å². The van der Waals surface area contributed by atoms with Crippen LogP contribution in [0.25, 0.3) is 21.9 Å². The summed E-state index contributed by atoms with van der Waals surface area (Å²) in [6.07, 6.45) is -0.0316. The van der Waals surface area contributed by atoms with Crippen molar-refractivity contribution >= 4 is 48.0 Å². The Bertz CT molecular complexity index is 1550. The van der Waals surface area contributed by atoms with Crippen LogP contribution in [0.3, 0.4) is 0 Å². The van der Waals surface area contributed by atoms with E-state index in [0.717, 1.165) is 18.1 Å². The number of carboxylic acids is 1. The molecular weight excluding hydrogens is 524 g/mol. The molecule has 0 aliphatic heterocycles. The minimum Gasteiger partial charge on any atom is -0.481 e. The Labute approximate surface area is 235 Å². The average molecular weight is 561 g/mol. The number of furan rings is 1. The first kappa shape index (κ1) is 29.2. The number of carbonyl (C=O) groups is 3. The second kappa shape index (κ2) is 11.4. The van der Waals surface area contributed by atoms with Crippen LogP contribution in [0.1, 0.15) is 54.8 Å². The van der Waals surface area contributed by atoms with Crippen molar-refractivity contribution in [2.24, 2.45) is 5.92 Å². The minimum absolute atomic E-state index is 0.0223. The maximum absolute atomic E-state index is 13.1. The number of rotatable bonds is 10. The summed E-state index contributed by atoms with van der Waals surface area (Å²) in [7, 11) is -0.976. The van der Waals surface area contributed by atoms with E-state index in [2.05, 4.69) is 50.7 Å². The molecule has 0 aliphatic carbocycles. The summed E-state index contributed by atoms with van der Waals surface area (Å²) in [5.74, 6) is -4.33. The largest absolute Gasteiger partial charge is 0.481 e. The monoisotopic (exact) mass is 560 g/mol. The third-order valence-electron chi connectivity index (χ3n) is 7.87. The van der Waals surface area contributed by atoms with E-state index in [4.69, 9.17) is 8.84 Å². The van der Waals surface area contributed by atoms with Crippen LogP contribution in [-0.4, -0.2) is 38.3 Å². The molecule has 2 atom stereocenters. The van der Waals surface area contributed by atoms with Gasteiger partial charge in [-0.05, 0) is 59.6 Å². The van der Waals surface area contributed by atoms with Crippen LogP contribution in [0.4, 0.5) is 0 Å². The number of carboxylic acid groups (broad SMARTS) is 1. The molecule has 7 nitrogen and oxygen atoms in total. The highest BCUT2D eigenvalue weighted by Crippen LogP contribution is 2.41. The number of carbonyl (C=O) groups excluding carboxylic acids is 2. The van der Waals surface area contributed by atoms with Crippen LogP contribution in [0.2, 0.25) is 18.1 Å². The number of methoxy groups -OCH3 is 1. The molecule has 0 bridgehead atoms. The molecule has 0 saturated carbocycles. The summed E-state index contributed by atoms with van der Waals surface area (Å²) in [6, 6.07) is 21.0. The SMILES string of the molecule is COC(=O)CC(C(=O)O)C(=O)c1ccc2oc3ccc(C(Cc4ccccc4)O[Si](C)(C)C(C)(C)C)cc3c2c1. The lowest BCUT2D eigenvalue weighted by Crippen LogP contribution is -2.42. The van der Waals surface area contributed by atoms with Gasteiger partial charge in [-0.3, -0.25) is 14.4 Å². The van der Waals surface area contributed by atoms with Gasteiger partial charge < -0.3 is 18.7 Å². The Morgan fingerprint density at radius 2 is 1.55 bits per heavy atom. The van der Waals surface area contributed by atoms with E-state index in [1.807, 2.05) is 36.4 Å². The fourth-order valence-electron chi connectivity index (χ4n) is 4.48. The number of aliphatic carboxylic acids is 1. The van der Waals surface area contributed by atoms with Gasteiger partial charge in [0.2, 0.25) is 0 Å². The second-order valence-electron chi connectivity index (χ2n) is 11.7. The van der Waals surface area contributed by atoms with Gasteiger partial charge in [-0.2, -0.15) is 0 Å². The fraction of sp³-hybridized carbons (Fsp3) is 0.344. The van der Waals surface area contributed by atoms with Crippen LogP contribution in [0.5, 0.6) is 0 Å². The van der Waals surface area contributed by atoms with E-state index < -0.39 is 38.4 Å². The molecule has 0 fully saturated rings. The Morgan fingerprint density at radius 1 is 0.925 bits per heavy atom. The summed E-state index contributed by atoms with van der Waals surface area (Å²) in [5.41, 5.74) is 3.58. The molecule has 40 heavy (non-hydrogen) atoms. The van der Waals surface area contributed by atoms with Crippen LogP contribution in [-0.2, 0) is 25.2 Å². The smallest absolute Gasteiger partial charge is 0.315 e. The lowest BCUT2D eigenvalue weighted by Gasteiger charge is -2.39. The first-order chi connectivity index (χ1) is 18.8. The van der Waals surface area contributed by atoms with Gasteiger partial charge in [0.15, 0.2) is 14.1 Å². The predicted molar refractivity (Wildman–Crippen MR) is 157 cm³/mol. The molecule has 1 aromatic heterocycles. The van der Waals surface area contributed by atoms with E-state index >= 15 is 0 Å². The van der Waals surface area contributed by atoms with Gasteiger partial charge >= 0.3 is 11.9 Å². The van der Waals surface area contributed by atoms with Gasteiger partial charge in [-0.15, -0.1) is 0 Å². The molecule has 8 heteroatoms. The number of ketones is 1. The summed E-state index contributed by atoms with van der Waals surface area (Å²) >= 11 is 0. The predicted octanol–water partition coefficient (Wildman–Crippen LogP) is 7.34. The van der Waals surface area contributed by atoms with E-state index in [1.54, 1.807) is 12.1 Å². The maximum atomic E-state index is 13.1. The number of hydrogen-bond donors (Lipinski definition) is 1. The van der Waals surface area contributed by atoms with Crippen molar-refractivity contribution in [1.82, 2.24) is 0 Å². The van der Waals surface area contributed by atoms with E-state index in [0.29, 0.717) is 23.0 Å². The summed E-state index contributed by atoms with van der Waals surface area (Å²) in [4.78, 5) is 36.7. The highest BCUT2D eigenvalue weighted by Gasteiger charge is 2.39. The Balaban J connectivity index is 1.77. The second-order valence-corrected chi connectivity index (χ2v) is 16.4. The fourth-order valence-corrected chi connectivity index (χ4v) is 5.76. The van der Waals surface area contributed by atoms with Crippen LogP contribution in [0, 0.1) is 5.92 Å². The van der Waals surface area contributed by atoms with Crippen molar-refractivity contribution < 1.29 is 33.1 Å². The highest BCUT2D eigenvalue weighted by molar-refractivity contribution is 6.74. The van der Waals surface area contributed by atoms with Crippen molar-refractivity contribution in [1.29, 1.82) is 0 Å². The van der Waals surface area contributed by atoms with Gasteiger partial charge in [-0.1, -0.05) is 57.2 Å². The molecule has 4 aromatic rings. The molecule has 0 saturated heterocycles. The third kappa shape index (κ3) is 6.18. The summed E-state index contributed by atoms with van der Waals surface area (Å²) in [5, 5.41) is 11.1. The molecule has 1 N–H and O–H groups in total. The normalized spacial score (nSPS) is 13.8. The number of Topliss-reactive ketones (excluding diaryl/α,β-unsaturated/α-hetero) is 1. The first-order valence-corrected chi connectivity index (χ1v) is 16.2. The molecule has 0 aliphatic rings. The Morgan fingerprint density at radius 3 is 2.15 bits per heavy atom. The number of fused-ring (bicyclic) bond motifs is 3. The van der Waals surface area contributed by atoms with Crippen molar-refractivity contribution in [3.8, 4) is 0 Å². The van der Waals surface area contributed by atoms with Gasteiger partial charge in [0.1, 0.15) is 17.1 Å². The van der Waals surface area contributed by atoms with Crippen molar-refractivity contribution in [3.63, 3.8) is 0 Å². The molecule has 3 aromatic carbocycles. The van der Waals surface area contributed by atoms with Gasteiger partial charge in [0, 0.05) is 22.8 Å². The van der Waals surface area contributed by atoms with Crippen LogP contribution < -0.4 is 0 Å². The standard InChI is InChI=1S/C32H36O7Si/c1-32(2,3)40(5,6)39-28(16-20-10-8-7-9-11-20)21-12-14-26-23(17-21)24-18-22(13-15-27(24)38-26)30(34)25(31(35)36)19-29(33)37-4/h7-15,17-18,25,28H,16,19H2,1-6H3,(H,35,36). The topological polar surface area (TPSA) is 103 Å². The summed E-state index contributed by atoms with van der Waals surface area (Å²) in [6.45, 7) is 11.1. The molecule has 0 spiro atoms. The van der Waals surface area contributed by atoms with E-state index in [1.165, 1.54) is 11.6 Å². The Hall–Kier alpha value is -3.75. The van der Waals surface area contributed by atoms with Crippen molar-refractivity contribution in [3.05, 3.63) is 83.4 Å². The molecule has 4 rings (SSSR count). The lowest BCUT2D eigenvalue weighted by molar-refractivity contribution is -0.148. The zero-order valence-electron chi connectivity index (χ0n) is 23.8. The Kier molecular flexibility index (Phi) is 8.32. The van der Waals surface area contributed by atoms with Crippen molar-refractivity contribution in [2.75, 3.05) is 7.11 Å². The number of hydrogen-bond acceptors (Lipinski definition) is 6. The molecule has 2 unspecified atom stereocenters. The van der Waals surface area contributed by atoms with Crippen LogP contribution >= 0.6 is 0 Å². The van der Waals surface area contributed by atoms with Gasteiger partial charge in [-0.25, -0.2) is 0 Å². The minimum atomic E-state index is -2.14. The van der Waals surface area contributed by atoms with Crippen LogP contribution in [0.15, 0.2) is 71.1 Å². The van der Waals surface area contributed by atoms with Gasteiger partial charge in [0.25, 0.3) is 0 Å². The number of benzene rings is 3. The quantitative estimate of drug-likeness (QED) is 0.0937. The number of esters is 1. The molecule has 0 amide bonds. The lowest BCUT2D eigenvalue weighted by atomic mass is 9.93. The van der Waals surface area contributed by atoms with Crippen molar-refractivity contribution in [2.45, 2.75) is 57.8 Å². The number of ether oxygens (including phenoxy) is 1. The third-order valence-corrected chi connectivity index (χ3v) is 12.4. The molecule has 0 radical (unpaired) electrons. The molecular formula is C32H36O7Si. The highest BCUT2D eigenvalue weighted by atomic mass is 28.4. The van der Waals surface area contributed by atoms with E-state index in [9.17, 15) is 19.5 Å². The zero-order chi connectivity index (χ0) is 29.2. The zero-order valence-corrected chi connectivity index (χ0v) is 24.8.